The summed E-state index contributed by atoms with van der Waals surface area (Å²) in [6, 6.07) is 6.79. The monoisotopic (exact) mass is 233 g/mol. The van der Waals surface area contributed by atoms with Crippen molar-refractivity contribution >= 4 is 17.5 Å². The Morgan fingerprint density at radius 1 is 1.47 bits per heavy atom. The Balaban J connectivity index is 1.99. The van der Waals surface area contributed by atoms with E-state index in [9.17, 15) is 9.59 Å². The molecule has 1 aromatic carbocycles. The number of primary amides is 1. The van der Waals surface area contributed by atoms with Crippen LogP contribution in [-0.4, -0.2) is 23.9 Å². The van der Waals surface area contributed by atoms with Crippen LogP contribution in [-0.2, 0) is 16.0 Å². The van der Waals surface area contributed by atoms with E-state index in [-0.39, 0.29) is 11.9 Å². The molecule has 2 unspecified atom stereocenters. The number of anilines is 1. The third-order valence-electron chi connectivity index (χ3n) is 2.87. The van der Waals surface area contributed by atoms with Gasteiger partial charge in [0.05, 0.1) is 0 Å². The molecule has 0 saturated carbocycles. The summed E-state index contributed by atoms with van der Waals surface area (Å²) in [5.74, 6) is -0.735. The molecule has 4 N–H and O–H groups in total. The van der Waals surface area contributed by atoms with Gasteiger partial charge in [-0.2, -0.15) is 0 Å². The topological polar surface area (TPSA) is 84.2 Å². The van der Waals surface area contributed by atoms with Crippen molar-refractivity contribution in [2.45, 2.75) is 25.4 Å². The molecular formula is C12H15N3O2. The van der Waals surface area contributed by atoms with Crippen molar-refractivity contribution in [3.05, 3.63) is 29.8 Å². The fraction of sp³-hybridized carbons (Fsp3) is 0.333. The van der Waals surface area contributed by atoms with Crippen molar-refractivity contribution in [1.82, 2.24) is 5.32 Å². The fourth-order valence-corrected chi connectivity index (χ4v) is 1.84. The molecule has 2 amide bonds. The molecule has 0 saturated heterocycles. The number of para-hydroxylation sites is 1. The predicted molar refractivity (Wildman–Crippen MR) is 64.4 cm³/mol. The molecule has 90 valence electrons. The summed E-state index contributed by atoms with van der Waals surface area (Å²) < 4.78 is 0. The number of fused-ring (bicyclic) bond motifs is 1. The molecule has 0 radical (unpaired) electrons. The third kappa shape index (κ3) is 2.38. The SMILES string of the molecule is CC(NC(=O)C1Cc2ccccc2N1)C(N)=O. The number of carbonyl (C=O) groups is 2. The van der Waals surface area contributed by atoms with Crippen molar-refractivity contribution in [2.24, 2.45) is 5.73 Å². The zero-order valence-corrected chi connectivity index (χ0v) is 9.57. The molecular weight excluding hydrogens is 218 g/mol. The van der Waals surface area contributed by atoms with Gasteiger partial charge in [0.2, 0.25) is 11.8 Å². The first-order valence-electron chi connectivity index (χ1n) is 5.52. The van der Waals surface area contributed by atoms with E-state index in [0.717, 1.165) is 11.3 Å². The number of benzene rings is 1. The highest BCUT2D eigenvalue weighted by Crippen LogP contribution is 2.25. The van der Waals surface area contributed by atoms with Crippen LogP contribution in [0.1, 0.15) is 12.5 Å². The molecule has 0 aliphatic carbocycles. The van der Waals surface area contributed by atoms with Crippen LogP contribution in [0.25, 0.3) is 0 Å². The normalized spacial score (nSPS) is 19.0. The number of rotatable bonds is 3. The first-order valence-corrected chi connectivity index (χ1v) is 5.52. The summed E-state index contributed by atoms with van der Waals surface area (Å²) in [6.07, 6.45) is 0.632. The highest BCUT2D eigenvalue weighted by Gasteiger charge is 2.27. The Hall–Kier alpha value is -2.04. The van der Waals surface area contributed by atoms with Crippen LogP contribution < -0.4 is 16.4 Å². The molecule has 1 heterocycles. The largest absolute Gasteiger partial charge is 0.373 e. The van der Waals surface area contributed by atoms with E-state index in [0.29, 0.717) is 6.42 Å². The van der Waals surface area contributed by atoms with Crippen LogP contribution in [0.2, 0.25) is 0 Å². The summed E-state index contributed by atoms with van der Waals surface area (Å²) in [7, 11) is 0. The Labute approximate surface area is 99.4 Å². The number of hydrogen-bond donors (Lipinski definition) is 3. The Morgan fingerprint density at radius 2 is 2.18 bits per heavy atom. The maximum Gasteiger partial charge on any atom is 0.243 e. The van der Waals surface area contributed by atoms with E-state index < -0.39 is 11.9 Å². The van der Waals surface area contributed by atoms with Crippen LogP contribution in [0, 0.1) is 0 Å². The zero-order chi connectivity index (χ0) is 12.4. The minimum absolute atomic E-state index is 0.201. The molecule has 5 nitrogen and oxygen atoms in total. The van der Waals surface area contributed by atoms with Gasteiger partial charge in [0, 0.05) is 12.1 Å². The second kappa shape index (κ2) is 4.45. The van der Waals surface area contributed by atoms with Gasteiger partial charge in [-0.25, -0.2) is 0 Å². The summed E-state index contributed by atoms with van der Waals surface area (Å²) in [5.41, 5.74) is 7.18. The second-order valence-corrected chi connectivity index (χ2v) is 4.19. The van der Waals surface area contributed by atoms with E-state index in [4.69, 9.17) is 5.73 Å². The summed E-state index contributed by atoms with van der Waals surface area (Å²) >= 11 is 0. The van der Waals surface area contributed by atoms with Crippen molar-refractivity contribution in [1.29, 1.82) is 0 Å². The molecule has 0 aromatic heterocycles. The highest BCUT2D eigenvalue weighted by atomic mass is 16.2. The molecule has 0 spiro atoms. The number of carbonyl (C=O) groups excluding carboxylic acids is 2. The van der Waals surface area contributed by atoms with Gasteiger partial charge in [0.25, 0.3) is 0 Å². The number of nitrogens with one attached hydrogen (secondary N) is 2. The van der Waals surface area contributed by atoms with Crippen LogP contribution in [0.15, 0.2) is 24.3 Å². The van der Waals surface area contributed by atoms with Gasteiger partial charge in [-0.3, -0.25) is 9.59 Å². The van der Waals surface area contributed by atoms with Crippen molar-refractivity contribution < 1.29 is 9.59 Å². The lowest BCUT2D eigenvalue weighted by Gasteiger charge is -2.15. The molecule has 0 bridgehead atoms. The second-order valence-electron chi connectivity index (χ2n) is 4.19. The molecule has 17 heavy (non-hydrogen) atoms. The Kier molecular flexibility index (Phi) is 2.99. The molecule has 2 rings (SSSR count). The van der Waals surface area contributed by atoms with E-state index in [1.165, 1.54) is 0 Å². The summed E-state index contributed by atoms with van der Waals surface area (Å²) in [4.78, 5) is 22.7. The zero-order valence-electron chi connectivity index (χ0n) is 9.57. The molecule has 1 aliphatic rings. The van der Waals surface area contributed by atoms with Gasteiger partial charge in [-0.05, 0) is 18.6 Å². The standard InChI is InChI=1S/C12H15N3O2/c1-7(11(13)16)14-12(17)10-6-8-4-2-3-5-9(8)15-10/h2-5,7,10,15H,6H2,1H3,(H2,13,16)(H,14,17). The van der Waals surface area contributed by atoms with Crippen molar-refractivity contribution in [3.8, 4) is 0 Å². The molecule has 1 aromatic rings. The van der Waals surface area contributed by atoms with Gasteiger partial charge < -0.3 is 16.4 Å². The lowest BCUT2D eigenvalue weighted by atomic mass is 10.1. The Morgan fingerprint density at radius 3 is 2.82 bits per heavy atom. The molecule has 5 heteroatoms. The smallest absolute Gasteiger partial charge is 0.243 e. The van der Waals surface area contributed by atoms with Gasteiger partial charge in [0.15, 0.2) is 0 Å². The highest BCUT2D eigenvalue weighted by molar-refractivity contribution is 5.91. The van der Waals surface area contributed by atoms with E-state index in [2.05, 4.69) is 10.6 Å². The van der Waals surface area contributed by atoms with E-state index in [1.807, 2.05) is 24.3 Å². The first kappa shape index (κ1) is 11.4. The minimum Gasteiger partial charge on any atom is -0.373 e. The summed E-state index contributed by atoms with van der Waals surface area (Å²) in [5, 5.41) is 5.69. The van der Waals surface area contributed by atoms with Crippen LogP contribution >= 0.6 is 0 Å². The van der Waals surface area contributed by atoms with Gasteiger partial charge in [-0.15, -0.1) is 0 Å². The lowest BCUT2D eigenvalue weighted by Crippen LogP contribution is -2.47. The third-order valence-corrected chi connectivity index (χ3v) is 2.87. The van der Waals surface area contributed by atoms with Crippen molar-refractivity contribution in [2.75, 3.05) is 5.32 Å². The van der Waals surface area contributed by atoms with Crippen LogP contribution in [0.5, 0.6) is 0 Å². The molecule has 0 fully saturated rings. The summed E-state index contributed by atoms with van der Waals surface area (Å²) in [6.45, 7) is 1.57. The van der Waals surface area contributed by atoms with E-state index >= 15 is 0 Å². The first-order chi connectivity index (χ1) is 8.08. The van der Waals surface area contributed by atoms with Crippen LogP contribution in [0.3, 0.4) is 0 Å². The quantitative estimate of drug-likeness (QED) is 0.687. The van der Waals surface area contributed by atoms with Gasteiger partial charge in [0.1, 0.15) is 12.1 Å². The van der Waals surface area contributed by atoms with E-state index in [1.54, 1.807) is 6.92 Å². The molecule has 2 atom stereocenters. The average Bonchev–Trinajstić information content (AvgIpc) is 2.72. The average molecular weight is 233 g/mol. The van der Waals surface area contributed by atoms with Crippen molar-refractivity contribution in [3.63, 3.8) is 0 Å². The Bertz CT molecular complexity index is 434. The van der Waals surface area contributed by atoms with Gasteiger partial charge in [-0.1, -0.05) is 18.2 Å². The number of hydrogen-bond acceptors (Lipinski definition) is 3. The predicted octanol–water partition coefficient (Wildman–Crippen LogP) is 0.0132. The van der Waals surface area contributed by atoms with Crippen LogP contribution in [0.4, 0.5) is 5.69 Å². The lowest BCUT2D eigenvalue weighted by molar-refractivity contribution is -0.127. The van der Waals surface area contributed by atoms with Gasteiger partial charge >= 0.3 is 0 Å². The molecule has 1 aliphatic heterocycles. The fourth-order valence-electron chi connectivity index (χ4n) is 1.84. The number of amides is 2. The number of nitrogens with two attached hydrogens (primary N) is 1. The minimum atomic E-state index is -0.645. The maximum atomic E-state index is 11.8. The maximum absolute atomic E-state index is 11.8.